The van der Waals surface area contributed by atoms with Crippen molar-refractivity contribution in [1.29, 1.82) is 0 Å². The van der Waals surface area contributed by atoms with E-state index in [1.54, 1.807) is 0 Å². The maximum atomic E-state index is 6.13. The first-order valence-electron chi connectivity index (χ1n) is 6.61. The Hall–Kier alpha value is -0.740. The lowest BCUT2D eigenvalue weighted by molar-refractivity contribution is 0.334. The van der Waals surface area contributed by atoms with Crippen molar-refractivity contribution in [3.05, 3.63) is 62.0 Å². The fraction of sp³-hybridized carbons (Fsp3) is 0.250. The Morgan fingerprint density at radius 1 is 1.14 bits per heavy atom. The smallest absolute Gasteiger partial charge is 0.124 e. The van der Waals surface area contributed by atoms with E-state index in [9.17, 15) is 0 Å². The van der Waals surface area contributed by atoms with E-state index in [4.69, 9.17) is 27.9 Å². The van der Waals surface area contributed by atoms with Gasteiger partial charge in [0.15, 0.2) is 0 Å². The molecule has 2 rings (SSSR count). The SMILES string of the molecule is CCOc1ccc(Br)cc1C(NC)c1ccc(Cl)c(Cl)c1. The van der Waals surface area contributed by atoms with Gasteiger partial charge in [-0.05, 0) is 49.9 Å². The number of ether oxygens (including phenoxy) is 1. The van der Waals surface area contributed by atoms with Gasteiger partial charge in [0, 0.05) is 10.0 Å². The summed E-state index contributed by atoms with van der Waals surface area (Å²) < 4.78 is 6.73. The minimum Gasteiger partial charge on any atom is -0.494 e. The van der Waals surface area contributed by atoms with Crippen molar-refractivity contribution < 1.29 is 4.74 Å². The highest BCUT2D eigenvalue weighted by atomic mass is 79.9. The molecule has 0 radical (unpaired) electrons. The molecule has 1 unspecified atom stereocenters. The van der Waals surface area contributed by atoms with Gasteiger partial charge >= 0.3 is 0 Å². The Morgan fingerprint density at radius 2 is 1.90 bits per heavy atom. The van der Waals surface area contributed by atoms with Gasteiger partial charge in [0.25, 0.3) is 0 Å². The summed E-state index contributed by atoms with van der Waals surface area (Å²) in [5.74, 6) is 0.853. The summed E-state index contributed by atoms with van der Waals surface area (Å²) in [6, 6.07) is 11.6. The Morgan fingerprint density at radius 3 is 2.52 bits per heavy atom. The minimum atomic E-state index is -0.0289. The molecule has 0 spiro atoms. The van der Waals surface area contributed by atoms with Crippen LogP contribution < -0.4 is 10.1 Å². The summed E-state index contributed by atoms with van der Waals surface area (Å²) in [4.78, 5) is 0. The molecule has 0 saturated heterocycles. The minimum absolute atomic E-state index is 0.0289. The first kappa shape index (κ1) is 16.6. The molecule has 0 heterocycles. The lowest BCUT2D eigenvalue weighted by Crippen LogP contribution is -2.18. The maximum absolute atomic E-state index is 6.13. The van der Waals surface area contributed by atoms with E-state index in [-0.39, 0.29) is 6.04 Å². The van der Waals surface area contributed by atoms with Gasteiger partial charge in [-0.15, -0.1) is 0 Å². The van der Waals surface area contributed by atoms with Crippen molar-refractivity contribution in [2.45, 2.75) is 13.0 Å². The van der Waals surface area contributed by atoms with Crippen LogP contribution in [0.5, 0.6) is 5.75 Å². The number of hydrogen-bond donors (Lipinski definition) is 1. The zero-order chi connectivity index (χ0) is 15.4. The van der Waals surface area contributed by atoms with Crippen LogP contribution in [0.25, 0.3) is 0 Å². The summed E-state index contributed by atoms with van der Waals surface area (Å²) in [5, 5.41) is 4.40. The van der Waals surface area contributed by atoms with E-state index < -0.39 is 0 Å². The second kappa shape index (κ2) is 7.50. The average Bonchev–Trinajstić information content (AvgIpc) is 2.46. The standard InChI is InChI=1S/C16H16BrCl2NO/c1-3-21-15-7-5-11(17)9-12(15)16(20-2)10-4-6-13(18)14(19)8-10/h4-9,16,20H,3H2,1-2H3. The zero-order valence-electron chi connectivity index (χ0n) is 11.8. The van der Waals surface area contributed by atoms with Gasteiger partial charge in [-0.2, -0.15) is 0 Å². The average molecular weight is 389 g/mol. The van der Waals surface area contributed by atoms with Crippen LogP contribution in [0.4, 0.5) is 0 Å². The highest BCUT2D eigenvalue weighted by molar-refractivity contribution is 9.10. The summed E-state index contributed by atoms with van der Waals surface area (Å²) in [6.07, 6.45) is 0. The van der Waals surface area contributed by atoms with Crippen molar-refractivity contribution in [1.82, 2.24) is 5.32 Å². The molecular formula is C16H16BrCl2NO. The van der Waals surface area contributed by atoms with Crippen LogP contribution in [0.15, 0.2) is 40.9 Å². The van der Waals surface area contributed by atoms with Gasteiger partial charge in [-0.1, -0.05) is 45.2 Å². The molecule has 0 aliphatic rings. The highest BCUT2D eigenvalue weighted by Crippen LogP contribution is 2.34. The van der Waals surface area contributed by atoms with Crippen LogP contribution in [-0.2, 0) is 0 Å². The summed E-state index contributed by atoms with van der Waals surface area (Å²) in [7, 11) is 1.91. The van der Waals surface area contributed by atoms with Crippen molar-refractivity contribution in [3.63, 3.8) is 0 Å². The van der Waals surface area contributed by atoms with E-state index in [0.29, 0.717) is 16.7 Å². The van der Waals surface area contributed by atoms with Crippen molar-refractivity contribution in [3.8, 4) is 5.75 Å². The molecule has 21 heavy (non-hydrogen) atoms. The van der Waals surface area contributed by atoms with Crippen molar-refractivity contribution in [2.75, 3.05) is 13.7 Å². The third-order valence-electron chi connectivity index (χ3n) is 3.15. The summed E-state index contributed by atoms with van der Waals surface area (Å²) in [6.45, 7) is 2.59. The molecule has 0 fully saturated rings. The van der Waals surface area contributed by atoms with Crippen LogP contribution in [0.1, 0.15) is 24.1 Å². The number of nitrogens with one attached hydrogen (secondary N) is 1. The third kappa shape index (κ3) is 3.92. The van der Waals surface area contributed by atoms with Crippen molar-refractivity contribution >= 4 is 39.1 Å². The number of benzene rings is 2. The number of rotatable bonds is 5. The normalized spacial score (nSPS) is 12.2. The number of hydrogen-bond acceptors (Lipinski definition) is 2. The van der Waals surface area contributed by atoms with Gasteiger partial charge in [-0.25, -0.2) is 0 Å². The molecule has 2 aromatic rings. The molecule has 1 N–H and O–H groups in total. The lowest BCUT2D eigenvalue weighted by atomic mass is 9.98. The molecule has 0 aromatic heterocycles. The highest BCUT2D eigenvalue weighted by Gasteiger charge is 2.18. The molecule has 0 amide bonds. The third-order valence-corrected chi connectivity index (χ3v) is 4.38. The predicted molar refractivity (Wildman–Crippen MR) is 92.7 cm³/mol. The van der Waals surface area contributed by atoms with E-state index >= 15 is 0 Å². The summed E-state index contributed by atoms with van der Waals surface area (Å²) >= 11 is 15.6. The molecular weight excluding hydrogens is 373 g/mol. The Labute approximate surface area is 143 Å². The summed E-state index contributed by atoms with van der Waals surface area (Å²) in [5.41, 5.74) is 2.08. The monoisotopic (exact) mass is 387 g/mol. The molecule has 2 aromatic carbocycles. The molecule has 2 nitrogen and oxygen atoms in total. The van der Waals surface area contributed by atoms with Gasteiger partial charge in [-0.3, -0.25) is 0 Å². The molecule has 0 saturated carbocycles. The van der Waals surface area contributed by atoms with E-state index in [2.05, 4.69) is 27.3 Å². The topological polar surface area (TPSA) is 21.3 Å². The molecule has 0 bridgehead atoms. The van der Waals surface area contributed by atoms with E-state index in [0.717, 1.165) is 21.3 Å². The second-order valence-corrected chi connectivity index (χ2v) is 6.24. The Bertz CT molecular complexity index is 634. The molecule has 1 atom stereocenters. The molecule has 5 heteroatoms. The van der Waals surface area contributed by atoms with Gasteiger partial charge in [0.1, 0.15) is 5.75 Å². The largest absolute Gasteiger partial charge is 0.494 e. The fourth-order valence-corrected chi connectivity index (χ4v) is 2.91. The lowest BCUT2D eigenvalue weighted by Gasteiger charge is -2.21. The first-order chi connectivity index (χ1) is 10.1. The predicted octanol–water partition coefficient (Wildman–Crippen LogP) is 5.46. The quantitative estimate of drug-likeness (QED) is 0.733. The van der Waals surface area contributed by atoms with Crippen molar-refractivity contribution in [2.24, 2.45) is 0 Å². The van der Waals surface area contributed by atoms with Gasteiger partial charge in [0.2, 0.25) is 0 Å². The second-order valence-electron chi connectivity index (χ2n) is 4.51. The van der Waals surface area contributed by atoms with Crippen LogP contribution >= 0.6 is 39.1 Å². The van der Waals surface area contributed by atoms with Gasteiger partial charge in [0.05, 0.1) is 22.7 Å². The van der Waals surface area contributed by atoms with Crippen LogP contribution in [-0.4, -0.2) is 13.7 Å². The Kier molecular flexibility index (Phi) is 5.94. The zero-order valence-corrected chi connectivity index (χ0v) is 14.9. The van der Waals surface area contributed by atoms with E-state index in [1.165, 1.54) is 0 Å². The Balaban J connectivity index is 2.49. The van der Waals surface area contributed by atoms with Crippen LogP contribution in [0, 0.1) is 0 Å². The molecule has 0 aliphatic carbocycles. The fourth-order valence-electron chi connectivity index (χ4n) is 2.23. The first-order valence-corrected chi connectivity index (χ1v) is 8.16. The number of halogens is 3. The maximum Gasteiger partial charge on any atom is 0.124 e. The van der Waals surface area contributed by atoms with Crippen LogP contribution in [0.3, 0.4) is 0 Å². The van der Waals surface area contributed by atoms with Gasteiger partial charge < -0.3 is 10.1 Å². The van der Waals surface area contributed by atoms with Crippen LogP contribution in [0.2, 0.25) is 10.0 Å². The molecule has 0 aliphatic heterocycles. The van der Waals surface area contributed by atoms with E-state index in [1.807, 2.05) is 44.3 Å². The molecule has 112 valence electrons.